The van der Waals surface area contributed by atoms with Crippen LogP contribution in [0, 0.1) is 0 Å². The van der Waals surface area contributed by atoms with E-state index in [0.29, 0.717) is 17.4 Å². The second kappa shape index (κ2) is 69.7. The topological polar surface area (TPSA) is 111 Å². The molecule has 0 saturated carbocycles. The Morgan fingerprint density at radius 3 is 0.889 bits per heavy atom. The van der Waals surface area contributed by atoms with Gasteiger partial charge in [-0.3, -0.25) is 14.2 Å². The first-order valence-electron chi connectivity index (χ1n) is 37.2. The summed E-state index contributed by atoms with van der Waals surface area (Å²) in [6, 6.07) is 0. The highest BCUT2D eigenvalue weighted by Gasteiger charge is 2.22. The lowest BCUT2D eigenvalue weighted by atomic mass is 10.0. The molecule has 0 amide bonds. The number of unbranched alkanes of at least 4 members (excludes halogenated alkanes) is 34. The molecule has 2 atom stereocenters. The van der Waals surface area contributed by atoms with Crippen molar-refractivity contribution in [1.82, 2.24) is 0 Å². The zero-order valence-corrected chi connectivity index (χ0v) is 59.9. The molecular formula is C80H140NO8P. The fraction of sp³-hybridized carbons (Fsp3) is 0.725. The monoisotopic (exact) mass is 1270 g/mol. The number of hydrogen-bond donors (Lipinski definition) is 0. The molecule has 0 rings (SSSR count). The molecule has 518 valence electrons. The van der Waals surface area contributed by atoms with Gasteiger partial charge in [0, 0.05) is 12.8 Å². The highest BCUT2D eigenvalue weighted by atomic mass is 31.2. The predicted octanol–water partition coefficient (Wildman–Crippen LogP) is 24.0. The van der Waals surface area contributed by atoms with Crippen molar-refractivity contribution < 1.29 is 42.1 Å². The van der Waals surface area contributed by atoms with Crippen molar-refractivity contribution in [2.75, 3.05) is 47.5 Å². The molecule has 0 aliphatic heterocycles. The average Bonchev–Trinajstić information content (AvgIpc) is 3.58. The van der Waals surface area contributed by atoms with E-state index in [1.54, 1.807) is 0 Å². The van der Waals surface area contributed by atoms with Crippen LogP contribution >= 0.6 is 7.82 Å². The summed E-state index contributed by atoms with van der Waals surface area (Å²) in [4.78, 5) is 38.1. The van der Waals surface area contributed by atoms with E-state index in [4.69, 9.17) is 18.5 Å². The lowest BCUT2D eigenvalue weighted by molar-refractivity contribution is -0.870. The number of nitrogens with zero attached hydrogens (tertiary/aromatic N) is 1. The Balaban J connectivity index is 3.95. The number of carbonyl (C=O) groups excluding carboxylic acids is 2. The fourth-order valence-corrected chi connectivity index (χ4v) is 11.1. The van der Waals surface area contributed by atoms with Crippen molar-refractivity contribution >= 4 is 19.8 Å². The number of likely N-dealkylation sites (N-methyl/N-ethyl adjacent to an activating group) is 1. The van der Waals surface area contributed by atoms with Gasteiger partial charge in [0.15, 0.2) is 6.10 Å². The summed E-state index contributed by atoms with van der Waals surface area (Å²) in [6.45, 7) is 4.02. The summed E-state index contributed by atoms with van der Waals surface area (Å²) in [6.07, 6.45) is 100. The largest absolute Gasteiger partial charge is 0.756 e. The zero-order chi connectivity index (χ0) is 65.5. The Hall–Kier alpha value is -3.59. The van der Waals surface area contributed by atoms with Crippen LogP contribution in [0.4, 0.5) is 0 Å². The van der Waals surface area contributed by atoms with Crippen molar-refractivity contribution in [2.24, 2.45) is 0 Å². The lowest BCUT2D eigenvalue weighted by Crippen LogP contribution is -2.37. The molecule has 0 radical (unpaired) electrons. The molecule has 10 heteroatoms. The van der Waals surface area contributed by atoms with Crippen LogP contribution in [-0.2, 0) is 32.7 Å². The van der Waals surface area contributed by atoms with E-state index in [-0.39, 0.29) is 32.0 Å². The highest BCUT2D eigenvalue weighted by molar-refractivity contribution is 7.45. The van der Waals surface area contributed by atoms with Gasteiger partial charge in [-0.25, -0.2) is 0 Å². The molecule has 0 aliphatic carbocycles. The van der Waals surface area contributed by atoms with Crippen LogP contribution < -0.4 is 4.89 Å². The zero-order valence-electron chi connectivity index (χ0n) is 59.1. The molecule has 0 spiro atoms. The molecule has 0 aliphatic rings. The Morgan fingerprint density at radius 2 is 0.600 bits per heavy atom. The van der Waals surface area contributed by atoms with E-state index in [1.165, 1.54) is 167 Å². The van der Waals surface area contributed by atoms with Gasteiger partial charge in [0.25, 0.3) is 7.82 Å². The van der Waals surface area contributed by atoms with Gasteiger partial charge in [-0.2, -0.15) is 0 Å². The number of quaternary nitrogens is 1. The first kappa shape index (κ1) is 86.4. The number of carbonyl (C=O) groups is 2. The Morgan fingerprint density at radius 1 is 0.344 bits per heavy atom. The Kier molecular flexibility index (Phi) is 67.0. The summed E-state index contributed by atoms with van der Waals surface area (Å²) in [5.41, 5.74) is 0. The number of phosphoric acid groups is 1. The van der Waals surface area contributed by atoms with Gasteiger partial charge in [0.05, 0.1) is 27.7 Å². The van der Waals surface area contributed by atoms with Crippen molar-refractivity contribution in [3.8, 4) is 0 Å². The summed E-state index contributed by atoms with van der Waals surface area (Å²) < 4.78 is 34.3. The average molecular weight is 1270 g/mol. The first-order chi connectivity index (χ1) is 44.0. The van der Waals surface area contributed by atoms with Gasteiger partial charge in [-0.15, -0.1) is 0 Å². The molecule has 0 saturated heterocycles. The molecule has 0 fully saturated rings. The quantitative estimate of drug-likeness (QED) is 0.0195. The molecule has 2 unspecified atom stereocenters. The number of ether oxygens (including phenoxy) is 2. The molecule has 0 aromatic heterocycles. The van der Waals surface area contributed by atoms with Crippen molar-refractivity contribution in [1.29, 1.82) is 0 Å². The molecule has 0 heterocycles. The summed E-state index contributed by atoms with van der Waals surface area (Å²) in [5, 5.41) is 0. The van der Waals surface area contributed by atoms with E-state index in [9.17, 15) is 19.0 Å². The summed E-state index contributed by atoms with van der Waals surface area (Å²) >= 11 is 0. The maximum absolute atomic E-state index is 12.9. The lowest BCUT2D eigenvalue weighted by Gasteiger charge is -2.28. The SMILES string of the molecule is CC/C=C\C/C=C\C/C=C\C/C=C\C/C=C\C/C=C\CCCCCCCCC(=O)OC(COC(=O)CCCCCCCCCCCCCCCCCCCCCCCCCCCCCC/C=C\C/C=C\C/C=C\C/C=C\CC)COP(=O)([O-])OCC[N+](C)(C)C. The highest BCUT2D eigenvalue weighted by Crippen LogP contribution is 2.38. The molecule has 0 aromatic rings. The summed E-state index contributed by atoms with van der Waals surface area (Å²) in [5.74, 6) is -0.844. The molecular weight excluding hydrogens is 1130 g/mol. The van der Waals surface area contributed by atoms with Gasteiger partial charge >= 0.3 is 11.9 Å². The van der Waals surface area contributed by atoms with Crippen LogP contribution in [0.2, 0.25) is 0 Å². The predicted molar refractivity (Wildman–Crippen MR) is 388 cm³/mol. The van der Waals surface area contributed by atoms with Gasteiger partial charge in [0.2, 0.25) is 0 Å². The molecule has 90 heavy (non-hydrogen) atoms. The molecule has 0 N–H and O–H groups in total. The second-order valence-electron chi connectivity index (χ2n) is 25.9. The van der Waals surface area contributed by atoms with Gasteiger partial charge in [-0.1, -0.05) is 328 Å². The first-order valence-corrected chi connectivity index (χ1v) is 38.7. The van der Waals surface area contributed by atoms with Crippen molar-refractivity contribution in [3.63, 3.8) is 0 Å². The molecule has 9 nitrogen and oxygen atoms in total. The summed E-state index contributed by atoms with van der Waals surface area (Å²) in [7, 11) is 1.15. The number of rotatable bonds is 68. The molecule has 0 bridgehead atoms. The number of allylic oxidation sites excluding steroid dienone is 20. The third kappa shape index (κ3) is 73.5. The minimum absolute atomic E-state index is 0.0377. The second-order valence-corrected chi connectivity index (χ2v) is 27.3. The molecule has 0 aromatic carbocycles. The standard InChI is InChI=1S/C80H140NO8P/c1-6-8-10-12-14-16-18-20-22-24-26-28-30-32-33-34-35-36-37-38-39-40-41-42-43-44-45-46-47-49-50-52-54-56-58-60-62-64-66-68-70-72-79(82)86-76-78(77-88-90(84,85)87-75-74-81(3,4)5)89-80(83)73-71-69-67-65-63-61-59-57-55-53-51-48-31-29-27-25-23-21-19-17-15-13-11-9-7-2/h8-11,14-17,20-23,26-29,48,51,55,57,78H,6-7,12-13,18-19,24-25,30-47,49-50,52-54,56,58-77H2,1-5H3/b10-8-,11-9-,16-14-,17-15-,22-20-,23-21-,28-26-,29-27-,51-48-,57-55-. The number of hydrogen-bond acceptors (Lipinski definition) is 8. The fourth-order valence-electron chi connectivity index (χ4n) is 10.4. The van der Waals surface area contributed by atoms with Crippen LogP contribution in [0.5, 0.6) is 0 Å². The Bertz CT molecular complexity index is 1940. The van der Waals surface area contributed by atoms with Crippen LogP contribution in [0.25, 0.3) is 0 Å². The van der Waals surface area contributed by atoms with Crippen LogP contribution in [0.1, 0.15) is 322 Å². The normalized spacial score (nSPS) is 13.8. The number of phosphoric ester groups is 1. The van der Waals surface area contributed by atoms with Gasteiger partial charge in [-0.05, 0) is 103 Å². The van der Waals surface area contributed by atoms with E-state index >= 15 is 0 Å². The van der Waals surface area contributed by atoms with Crippen LogP contribution in [0.15, 0.2) is 122 Å². The van der Waals surface area contributed by atoms with Gasteiger partial charge < -0.3 is 27.9 Å². The van der Waals surface area contributed by atoms with E-state index in [1.807, 2.05) is 21.1 Å². The Labute approximate surface area is 556 Å². The van der Waals surface area contributed by atoms with E-state index in [0.717, 1.165) is 122 Å². The van der Waals surface area contributed by atoms with E-state index in [2.05, 4.69) is 135 Å². The minimum atomic E-state index is -4.65. The van der Waals surface area contributed by atoms with Crippen molar-refractivity contribution in [3.05, 3.63) is 122 Å². The smallest absolute Gasteiger partial charge is 0.306 e. The van der Waals surface area contributed by atoms with Gasteiger partial charge in [0.1, 0.15) is 19.8 Å². The third-order valence-electron chi connectivity index (χ3n) is 16.0. The van der Waals surface area contributed by atoms with E-state index < -0.39 is 26.5 Å². The number of esters is 2. The maximum atomic E-state index is 12.9. The van der Waals surface area contributed by atoms with Crippen LogP contribution in [-0.4, -0.2) is 70.0 Å². The van der Waals surface area contributed by atoms with Crippen molar-refractivity contribution in [2.45, 2.75) is 328 Å². The minimum Gasteiger partial charge on any atom is -0.756 e. The maximum Gasteiger partial charge on any atom is 0.306 e. The third-order valence-corrected chi connectivity index (χ3v) is 16.9. The van der Waals surface area contributed by atoms with Crippen LogP contribution in [0.3, 0.4) is 0 Å².